The van der Waals surface area contributed by atoms with Gasteiger partial charge in [0.2, 0.25) is 5.88 Å². The number of rotatable bonds is 2. The molecule has 1 heterocycles. The molecule has 0 atom stereocenters. The van der Waals surface area contributed by atoms with Crippen molar-refractivity contribution in [2.45, 2.75) is 0 Å². The standard InChI is InChI=1S/C9H7FN2OS/c10-6-3-1-2-4-7(6)11-9-12-8(13)5-14-9/h1-5,13H,(H,11,12). The highest BCUT2D eigenvalue weighted by atomic mass is 32.1. The number of anilines is 2. The van der Waals surface area contributed by atoms with Crippen molar-refractivity contribution in [2.75, 3.05) is 5.32 Å². The highest BCUT2D eigenvalue weighted by molar-refractivity contribution is 7.13. The predicted molar refractivity (Wildman–Crippen MR) is 53.5 cm³/mol. The number of benzene rings is 1. The first-order chi connectivity index (χ1) is 6.75. The summed E-state index contributed by atoms with van der Waals surface area (Å²) in [5, 5.41) is 13.7. The summed E-state index contributed by atoms with van der Waals surface area (Å²) in [7, 11) is 0. The molecule has 14 heavy (non-hydrogen) atoms. The van der Waals surface area contributed by atoms with Gasteiger partial charge in [0.1, 0.15) is 5.82 Å². The van der Waals surface area contributed by atoms with Gasteiger partial charge in [0, 0.05) is 0 Å². The van der Waals surface area contributed by atoms with Gasteiger partial charge in [-0.2, -0.15) is 4.98 Å². The molecule has 0 aliphatic carbocycles. The molecule has 1 aromatic heterocycles. The Hall–Kier alpha value is -1.62. The number of halogens is 1. The number of nitrogens with zero attached hydrogens (tertiary/aromatic N) is 1. The molecule has 0 amide bonds. The Balaban J connectivity index is 2.23. The van der Waals surface area contributed by atoms with Gasteiger partial charge in [-0.25, -0.2) is 4.39 Å². The topological polar surface area (TPSA) is 45.1 Å². The van der Waals surface area contributed by atoms with E-state index in [0.29, 0.717) is 10.8 Å². The lowest BCUT2D eigenvalue weighted by molar-refractivity contribution is 0.458. The molecule has 0 fully saturated rings. The molecule has 1 aromatic carbocycles. The Kier molecular flexibility index (Phi) is 2.32. The second kappa shape index (κ2) is 3.63. The van der Waals surface area contributed by atoms with E-state index in [1.54, 1.807) is 18.2 Å². The van der Waals surface area contributed by atoms with Gasteiger partial charge in [0.05, 0.1) is 11.1 Å². The van der Waals surface area contributed by atoms with E-state index in [1.807, 2.05) is 0 Å². The largest absolute Gasteiger partial charge is 0.493 e. The van der Waals surface area contributed by atoms with Gasteiger partial charge in [-0.1, -0.05) is 12.1 Å². The van der Waals surface area contributed by atoms with Crippen molar-refractivity contribution in [1.29, 1.82) is 0 Å². The normalized spacial score (nSPS) is 10.1. The van der Waals surface area contributed by atoms with Crippen molar-refractivity contribution in [3.05, 3.63) is 35.5 Å². The fraction of sp³-hybridized carbons (Fsp3) is 0. The molecule has 2 rings (SSSR count). The van der Waals surface area contributed by atoms with E-state index >= 15 is 0 Å². The quantitative estimate of drug-likeness (QED) is 0.801. The van der Waals surface area contributed by atoms with Crippen molar-refractivity contribution < 1.29 is 9.50 Å². The number of aromatic hydroxyl groups is 1. The summed E-state index contributed by atoms with van der Waals surface area (Å²) >= 11 is 1.21. The number of para-hydroxylation sites is 1. The lowest BCUT2D eigenvalue weighted by Gasteiger charge is -2.02. The number of nitrogens with one attached hydrogen (secondary N) is 1. The fourth-order valence-electron chi connectivity index (χ4n) is 1.00. The molecule has 0 bridgehead atoms. The SMILES string of the molecule is Oc1csc(Nc2ccccc2F)n1. The molecule has 0 saturated heterocycles. The molecule has 72 valence electrons. The van der Waals surface area contributed by atoms with Crippen LogP contribution < -0.4 is 5.32 Å². The van der Waals surface area contributed by atoms with Crippen LogP contribution in [0.4, 0.5) is 15.2 Å². The van der Waals surface area contributed by atoms with Crippen LogP contribution in [0, 0.1) is 5.82 Å². The van der Waals surface area contributed by atoms with E-state index in [0.717, 1.165) is 0 Å². The van der Waals surface area contributed by atoms with Crippen LogP contribution in [0.2, 0.25) is 0 Å². The molecular formula is C9H7FN2OS. The summed E-state index contributed by atoms with van der Waals surface area (Å²) in [6, 6.07) is 6.29. The van der Waals surface area contributed by atoms with E-state index in [1.165, 1.54) is 22.8 Å². The van der Waals surface area contributed by atoms with Gasteiger partial charge < -0.3 is 10.4 Å². The lowest BCUT2D eigenvalue weighted by atomic mass is 10.3. The third-order valence-corrected chi connectivity index (χ3v) is 2.35. The Labute approximate surface area is 83.9 Å². The van der Waals surface area contributed by atoms with Gasteiger partial charge in [0.25, 0.3) is 0 Å². The first kappa shape index (κ1) is 8.96. The number of aromatic nitrogens is 1. The van der Waals surface area contributed by atoms with Gasteiger partial charge in [-0.15, -0.1) is 11.3 Å². The van der Waals surface area contributed by atoms with Crippen LogP contribution in [0.25, 0.3) is 0 Å². The van der Waals surface area contributed by atoms with Crippen LogP contribution in [0.15, 0.2) is 29.6 Å². The minimum absolute atomic E-state index is 0.0613. The smallest absolute Gasteiger partial charge is 0.223 e. The number of hydrogen-bond donors (Lipinski definition) is 2. The van der Waals surface area contributed by atoms with Crippen LogP contribution in [0.5, 0.6) is 5.88 Å². The molecule has 0 spiro atoms. The molecule has 0 aliphatic rings. The van der Waals surface area contributed by atoms with E-state index in [9.17, 15) is 4.39 Å². The van der Waals surface area contributed by atoms with Crippen molar-refractivity contribution in [3.63, 3.8) is 0 Å². The summed E-state index contributed by atoms with van der Waals surface area (Å²) < 4.78 is 13.1. The third kappa shape index (κ3) is 1.82. The zero-order valence-corrected chi connectivity index (χ0v) is 7.88. The molecule has 0 radical (unpaired) electrons. The monoisotopic (exact) mass is 210 g/mol. The van der Waals surface area contributed by atoms with Crippen LogP contribution in [0.3, 0.4) is 0 Å². The van der Waals surface area contributed by atoms with Crippen LogP contribution in [0.1, 0.15) is 0 Å². The molecule has 0 unspecified atom stereocenters. The Morgan fingerprint density at radius 3 is 2.79 bits per heavy atom. The minimum atomic E-state index is -0.345. The molecule has 3 nitrogen and oxygen atoms in total. The van der Waals surface area contributed by atoms with Crippen LogP contribution in [-0.2, 0) is 0 Å². The van der Waals surface area contributed by atoms with Crippen LogP contribution >= 0.6 is 11.3 Å². The molecule has 2 N–H and O–H groups in total. The fourth-order valence-corrected chi connectivity index (χ4v) is 1.59. The maximum Gasteiger partial charge on any atom is 0.223 e. The summed E-state index contributed by atoms with van der Waals surface area (Å²) in [6.45, 7) is 0. The second-order valence-corrected chi connectivity index (χ2v) is 3.47. The molecule has 2 aromatic rings. The average molecular weight is 210 g/mol. The van der Waals surface area contributed by atoms with E-state index < -0.39 is 0 Å². The van der Waals surface area contributed by atoms with Crippen molar-refractivity contribution in [1.82, 2.24) is 4.98 Å². The minimum Gasteiger partial charge on any atom is -0.493 e. The first-order valence-electron chi connectivity index (χ1n) is 3.92. The summed E-state index contributed by atoms with van der Waals surface area (Å²) in [4.78, 5) is 3.74. The highest BCUT2D eigenvalue weighted by Gasteiger charge is 2.03. The van der Waals surface area contributed by atoms with Gasteiger partial charge in [0.15, 0.2) is 5.13 Å². The second-order valence-electron chi connectivity index (χ2n) is 2.62. The maximum absolute atomic E-state index is 13.1. The summed E-state index contributed by atoms with van der Waals surface area (Å²) in [5.74, 6) is -0.406. The Bertz CT molecular complexity index is 444. The number of thiazole rings is 1. The predicted octanol–water partition coefficient (Wildman–Crippen LogP) is 2.73. The zero-order valence-electron chi connectivity index (χ0n) is 7.07. The van der Waals surface area contributed by atoms with Gasteiger partial charge in [-0.3, -0.25) is 0 Å². The Morgan fingerprint density at radius 2 is 2.14 bits per heavy atom. The third-order valence-electron chi connectivity index (χ3n) is 1.61. The van der Waals surface area contributed by atoms with Crippen molar-refractivity contribution >= 4 is 22.2 Å². The lowest BCUT2D eigenvalue weighted by Crippen LogP contribution is -1.91. The molecule has 0 saturated carbocycles. The van der Waals surface area contributed by atoms with Crippen molar-refractivity contribution in [3.8, 4) is 5.88 Å². The van der Waals surface area contributed by atoms with E-state index in [4.69, 9.17) is 5.11 Å². The Morgan fingerprint density at radius 1 is 1.36 bits per heavy atom. The van der Waals surface area contributed by atoms with E-state index in [-0.39, 0.29) is 11.7 Å². The summed E-state index contributed by atoms with van der Waals surface area (Å²) in [6.07, 6.45) is 0. The van der Waals surface area contributed by atoms with Crippen molar-refractivity contribution in [2.24, 2.45) is 0 Å². The molecule has 0 aliphatic heterocycles. The van der Waals surface area contributed by atoms with E-state index in [2.05, 4.69) is 10.3 Å². The van der Waals surface area contributed by atoms with Gasteiger partial charge >= 0.3 is 0 Å². The molecule has 5 heteroatoms. The van der Waals surface area contributed by atoms with Gasteiger partial charge in [-0.05, 0) is 12.1 Å². The highest BCUT2D eigenvalue weighted by Crippen LogP contribution is 2.24. The number of hydrogen-bond acceptors (Lipinski definition) is 4. The first-order valence-corrected chi connectivity index (χ1v) is 4.80. The average Bonchev–Trinajstić information content (AvgIpc) is 2.56. The zero-order chi connectivity index (χ0) is 9.97. The maximum atomic E-state index is 13.1. The summed E-state index contributed by atoms with van der Waals surface area (Å²) in [5.41, 5.74) is 0.349. The van der Waals surface area contributed by atoms with Crippen LogP contribution in [-0.4, -0.2) is 10.1 Å². The molecular weight excluding hydrogens is 203 g/mol.